The third-order valence-electron chi connectivity index (χ3n) is 3.69. The van der Waals surface area contributed by atoms with Gasteiger partial charge in [-0.1, -0.05) is 24.3 Å². The zero-order valence-electron chi connectivity index (χ0n) is 12.8. The second kappa shape index (κ2) is 6.40. The van der Waals surface area contributed by atoms with Gasteiger partial charge in [-0.3, -0.25) is 4.98 Å². The molecule has 0 spiro atoms. The van der Waals surface area contributed by atoms with Crippen LogP contribution in [0.25, 0.3) is 11.1 Å². The molecular weight excluding hydrogens is 288 g/mol. The van der Waals surface area contributed by atoms with Gasteiger partial charge in [0, 0.05) is 24.5 Å². The number of anilines is 1. The number of pyridine rings is 1. The second-order valence-corrected chi connectivity index (χ2v) is 5.49. The van der Waals surface area contributed by atoms with Gasteiger partial charge in [-0.15, -0.1) is 0 Å². The summed E-state index contributed by atoms with van der Waals surface area (Å²) >= 11 is 0. The Morgan fingerprint density at radius 2 is 1.83 bits per heavy atom. The highest BCUT2D eigenvalue weighted by Crippen LogP contribution is 2.25. The molecule has 0 saturated heterocycles. The first-order chi connectivity index (χ1) is 11.1. The number of hydrogen-bond donors (Lipinski definition) is 3. The van der Waals surface area contributed by atoms with Crippen LogP contribution in [0.5, 0.6) is 11.5 Å². The van der Waals surface area contributed by atoms with Gasteiger partial charge in [-0.05, 0) is 47.9 Å². The number of hydrogen-bond acceptors (Lipinski definition) is 4. The van der Waals surface area contributed by atoms with E-state index < -0.39 is 0 Å². The zero-order chi connectivity index (χ0) is 16.2. The number of phenols is 2. The summed E-state index contributed by atoms with van der Waals surface area (Å²) in [6.45, 7) is 2.47. The fourth-order valence-electron chi connectivity index (χ4n) is 2.35. The molecular formula is C19H18N2O2. The molecule has 0 unspecified atom stereocenters. The van der Waals surface area contributed by atoms with E-state index in [0.29, 0.717) is 12.3 Å². The van der Waals surface area contributed by atoms with Crippen molar-refractivity contribution in [2.45, 2.75) is 13.5 Å². The van der Waals surface area contributed by atoms with Crippen LogP contribution < -0.4 is 5.32 Å². The minimum Gasteiger partial charge on any atom is -0.508 e. The van der Waals surface area contributed by atoms with Crippen LogP contribution in [-0.4, -0.2) is 15.2 Å². The van der Waals surface area contributed by atoms with Gasteiger partial charge in [0.2, 0.25) is 0 Å². The van der Waals surface area contributed by atoms with Crippen molar-refractivity contribution in [2.24, 2.45) is 0 Å². The van der Waals surface area contributed by atoms with Crippen molar-refractivity contribution in [3.05, 3.63) is 72.1 Å². The maximum absolute atomic E-state index is 9.75. The Kier molecular flexibility index (Phi) is 4.15. The Hall–Kier alpha value is -3.01. The molecule has 1 heterocycles. The molecule has 4 heteroatoms. The van der Waals surface area contributed by atoms with Crippen LogP contribution in [0.2, 0.25) is 0 Å². The highest BCUT2D eigenvalue weighted by Gasteiger charge is 2.03. The van der Waals surface area contributed by atoms with Gasteiger partial charge in [0.15, 0.2) is 0 Å². The van der Waals surface area contributed by atoms with E-state index in [2.05, 4.69) is 10.3 Å². The van der Waals surface area contributed by atoms with Crippen LogP contribution in [0.1, 0.15) is 11.1 Å². The molecule has 3 rings (SSSR count). The maximum atomic E-state index is 9.75. The van der Waals surface area contributed by atoms with Gasteiger partial charge in [0.1, 0.15) is 11.5 Å². The van der Waals surface area contributed by atoms with Crippen molar-refractivity contribution < 1.29 is 10.2 Å². The van der Waals surface area contributed by atoms with Gasteiger partial charge in [0.25, 0.3) is 0 Å². The van der Waals surface area contributed by atoms with Crippen LogP contribution >= 0.6 is 0 Å². The molecule has 3 aromatic rings. The fourth-order valence-corrected chi connectivity index (χ4v) is 2.35. The molecule has 0 saturated carbocycles. The Morgan fingerprint density at radius 3 is 2.61 bits per heavy atom. The van der Waals surface area contributed by atoms with Gasteiger partial charge in [-0.2, -0.15) is 0 Å². The fraction of sp³-hybridized carbons (Fsp3) is 0.105. The number of rotatable bonds is 4. The second-order valence-electron chi connectivity index (χ2n) is 5.49. The smallest absolute Gasteiger partial charge is 0.118 e. The standard InChI is InChI=1S/C19H18N2O2/c1-13-5-6-14(7-19(13)23)10-21-17-8-16(11-20-12-17)15-3-2-4-18(22)9-15/h2-9,11-12,21-23H,10H2,1H3. The van der Waals surface area contributed by atoms with Crippen molar-refractivity contribution in [1.82, 2.24) is 4.98 Å². The van der Waals surface area contributed by atoms with Crippen LogP contribution in [0.4, 0.5) is 5.69 Å². The van der Waals surface area contributed by atoms with Crippen molar-refractivity contribution in [3.63, 3.8) is 0 Å². The maximum Gasteiger partial charge on any atom is 0.118 e. The van der Waals surface area contributed by atoms with E-state index >= 15 is 0 Å². The minimum atomic E-state index is 0.232. The molecule has 0 radical (unpaired) electrons. The molecule has 0 aliphatic heterocycles. The molecule has 0 aliphatic carbocycles. The van der Waals surface area contributed by atoms with E-state index in [9.17, 15) is 10.2 Å². The Morgan fingerprint density at radius 1 is 0.957 bits per heavy atom. The first-order valence-electron chi connectivity index (χ1n) is 7.38. The highest BCUT2D eigenvalue weighted by atomic mass is 16.3. The van der Waals surface area contributed by atoms with Crippen molar-refractivity contribution >= 4 is 5.69 Å². The van der Waals surface area contributed by atoms with Gasteiger partial charge < -0.3 is 15.5 Å². The summed E-state index contributed by atoms with van der Waals surface area (Å²) in [4.78, 5) is 4.24. The largest absolute Gasteiger partial charge is 0.508 e. The normalized spacial score (nSPS) is 10.5. The Labute approximate surface area is 135 Å². The molecule has 0 bridgehead atoms. The molecule has 2 aromatic carbocycles. The lowest BCUT2D eigenvalue weighted by Crippen LogP contribution is -2.00. The average molecular weight is 306 g/mol. The Balaban J connectivity index is 1.76. The molecule has 0 atom stereocenters. The summed E-state index contributed by atoms with van der Waals surface area (Å²) < 4.78 is 0. The van der Waals surface area contributed by atoms with E-state index in [4.69, 9.17) is 0 Å². The zero-order valence-corrected chi connectivity index (χ0v) is 12.8. The third-order valence-corrected chi connectivity index (χ3v) is 3.69. The highest BCUT2D eigenvalue weighted by molar-refractivity contribution is 5.67. The predicted molar refractivity (Wildman–Crippen MR) is 91.5 cm³/mol. The lowest BCUT2D eigenvalue weighted by atomic mass is 10.1. The van der Waals surface area contributed by atoms with Crippen LogP contribution in [0.3, 0.4) is 0 Å². The summed E-state index contributed by atoms with van der Waals surface area (Å²) in [5, 5.41) is 22.6. The number of aromatic nitrogens is 1. The van der Waals surface area contributed by atoms with Crippen molar-refractivity contribution in [2.75, 3.05) is 5.32 Å². The number of aryl methyl sites for hydroxylation is 1. The molecule has 3 N–H and O–H groups in total. The van der Waals surface area contributed by atoms with Crippen LogP contribution in [0, 0.1) is 6.92 Å². The molecule has 0 amide bonds. The summed E-state index contributed by atoms with van der Waals surface area (Å²) in [6, 6.07) is 14.7. The van der Waals surface area contributed by atoms with Crippen LogP contribution in [0.15, 0.2) is 60.9 Å². The van der Waals surface area contributed by atoms with Crippen LogP contribution in [-0.2, 0) is 6.54 Å². The van der Waals surface area contributed by atoms with E-state index in [1.165, 1.54) is 0 Å². The summed E-state index contributed by atoms with van der Waals surface area (Å²) in [5.41, 5.74) is 4.58. The predicted octanol–water partition coefficient (Wildman–Crippen LogP) is 4.08. The molecule has 23 heavy (non-hydrogen) atoms. The molecule has 0 aliphatic rings. The van der Waals surface area contributed by atoms with E-state index in [0.717, 1.165) is 27.9 Å². The quantitative estimate of drug-likeness (QED) is 0.679. The lowest BCUT2D eigenvalue weighted by molar-refractivity contribution is 0.470. The lowest BCUT2D eigenvalue weighted by Gasteiger charge is -2.09. The summed E-state index contributed by atoms with van der Waals surface area (Å²) in [7, 11) is 0. The first kappa shape index (κ1) is 14.9. The third kappa shape index (κ3) is 3.61. The monoisotopic (exact) mass is 306 g/mol. The minimum absolute atomic E-state index is 0.232. The molecule has 0 fully saturated rings. The van der Waals surface area contributed by atoms with Crippen molar-refractivity contribution in [1.29, 1.82) is 0 Å². The van der Waals surface area contributed by atoms with E-state index in [1.54, 1.807) is 36.7 Å². The van der Waals surface area contributed by atoms with E-state index in [-0.39, 0.29) is 5.75 Å². The van der Waals surface area contributed by atoms with Crippen molar-refractivity contribution in [3.8, 4) is 22.6 Å². The number of nitrogens with one attached hydrogen (secondary N) is 1. The summed E-state index contributed by atoms with van der Waals surface area (Å²) in [6.07, 6.45) is 3.51. The average Bonchev–Trinajstić information content (AvgIpc) is 2.56. The van der Waals surface area contributed by atoms with Gasteiger partial charge >= 0.3 is 0 Å². The number of aromatic hydroxyl groups is 2. The summed E-state index contributed by atoms with van der Waals surface area (Å²) in [5.74, 6) is 0.534. The topological polar surface area (TPSA) is 65.4 Å². The Bertz CT molecular complexity index is 831. The van der Waals surface area contributed by atoms with E-state index in [1.807, 2.05) is 31.2 Å². The molecule has 116 valence electrons. The first-order valence-corrected chi connectivity index (χ1v) is 7.38. The SMILES string of the molecule is Cc1ccc(CNc2cncc(-c3cccc(O)c3)c2)cc1O. The van der Waals surface area contributed by atoms with Gasteiger partial charge in [0.05, 0.1) is 5.69 Å². The number of benzene rings is 2. The number of nitrogens with zero attached hydrogens (tertiary/aromatic N) is 1. The number of phenolic OH excluding ortho intramolecular Hbond substituents is 2. The van der Waals surface area contributed by atoms with Gasteiger partial charge in [-0.25, -0.2) is 0 Å². The molecule has 4 nitrogen and oxygen atoms in total. The molecule has 1 aromatic heterocycles.